The van der Waals surface area contributed by atoms with Crippen molar-refractivity contribution < 1.29 is 38.5 Å². The standard InChI is InChI=1S/C16H27NO8/c1-15(2,3)24-12(20)7-8-23-14(22)17-10(9-11(18)19)13(21)25-16(4,5)6/h10H,7-9H2,1-6H3,(H,17,22)(H,18,19). The quantitative estimate of drug-likeness (QED) is 0.517. The number of nitrogens with one attached hydrogen (secondary N) is 1. The molecular weight excluding hydrogens is 334 g/mol. The van der Waals surface area contributed by atoms with Crippen molar-refractivity contribution in [2.24, 2.45) is 0 Å². The van der Waals surface area contributed by atoms with Crippen molar-refractivity contribution in [2.45, 2.75) is 71.6 Å². The summed E-state index contributed by atoms with van der Waals surface area (Å²) in [4.78, 5) is 45.9. The van der Waals surface area contributed by atoms with E-state index in [9.17, 15) is 19.2 Å². The Kier molecular flexibility index (Phi) is 8.38. The van der Waals surface area contributed by atoms with E-state index in [-0.39, 0.29) is 13.0 Å². The number of amides is 1. The van der Waals surface area contributed by atoms with Gasteiger partial charge in [0.25, 0.3) is 0 Å². The number of carboxylic acid groups (broad SMARTS) is 1. The summed E-state index contributed by atoms with van der Waals surface area (Å²) >= 11 is 0. The van der Waals surface area contributed by atoms with Gasteiger partial charge in [-0.05, 0) is 41.5 Å². The Labute approximate surface area is 147 Å². The van der Waals surface area contributed by atoms with E-state index >= 15 is 0 Å². The fourth-order valence-corrected chi connectivity index (χ4v) is 1.54. The first-order chi connectivity index (χ1) is 11.2. The van der Waals surface area contributed by atoms with Crippen LogP contribution in [-0.2, 0) is 28.6 Å². The monoisotopic (exact) mass is 361 g/mol. The summed E-state index contributed by atoms with van der Waals surface area (Å²) in [5.41, 5.74) is -1.49. The van der Waals surface area contributed by atoms with Crippen LogP contribution in [0.15, 0.2) is 0 Å². The molecule has 9 heteroatoms. The molecule has 0 spiro atoms. The maximum Gasteiger partial charge on any atom is 0.407 e. The number of ether oxygens (including phenoxy) is 3. The number of hydrogen-bond acceptors (Lipinski definition) is 7. The van der Waals surface area contributed by atoms with Gasteiger partial charge in [0.15, 0.2) is 0 Å². The lowest BCUT2D eigenvalue weighted by molar-refractivity contribution is -0.160. The third kappa shape index (κ3) is 12.7. The predicted octanol–water partition coefficient (Wildman–Crippen LogP) is 1.63. The number of esters is 2. The second-order valence-electron chi connectivity index (χ2n) is 7.30. The summed E-state index contributed by atoms with van der Waals surface area (Å²) in [6, 6.07) is -1.40. The lowest BCUT2D eigenvalue weighted by Gasteiger charge is -2.23. The Morgan fingerprint density at radius 1 is 0.960 bits per heavy atom. The molecule has 144 valence electrons. The number of rotatable bonds is 7. The molecule has 0 aliphatic rings. The minimum absolute atomic E-state index is 0.166. The van der Waals surface area contributed by atoms with E-state index in [1.165, 1.54) is 0 Å². The third-order valence-corrected chi connectivity index (χ3v) is 2.32. The largest absolute Gasteiger partial charge is 0.481 e. The van der Waals surface area contributed by atoms with E-state index in [0.717, 1.165) is 0 Å². The minimum Gasteiger partial charge on any atom is -0.481 e. The Bertz CT molecular complexity index is 501. The van der Waals surface area contributed by atoms with Crippen molar-refractivity contribution in [3.8, 4) is 0 Å². The molecule has 0 fully saturated rings. The molecule has 0 rings (SSSR count). The van der Waals surface area contributed by atoms with Crippen LogP contribution in [0.25, 0.3) is 0 Å². The first-order valence-corrected chi connectivity index (χ1v) is 7.79. The SMILES string of the molecule is CC(C)(C)OC(=O)CCOC(=O)NC(CC(=O)O)C(=O)OC(C)(C)C. The van der Waals surface area contributed by atoms with Crippen LogP contribution in [0.1, 0.15) is 54.4 Å². The predicted molar refractivity (Wildman–Crippen MR) is 86.8 cm³/mol. The van der Waals surface area contributed by atoms with E-state index in [1.54, 1.807) is 41.5 Å². The average Bonchev–Trinajstić information content (AvgIpc) is 2.32. The zero-order chi connectivity index (χ0) is 19.8. The molecule has 0 bridgehead atoms. The highest BCUT2D eigenvalue weighted by Gasteiger charge is 2.29. The lowest BCUT2D eigenvalue weighted by atomic mass is 10.1. The van der Waals surface area contributed by atoms with Gasteiger partial charge in [-0.15, -0.1) is 0 Å². The lowest BCUT2D eigenvalue weighted by Crippen LogP contribution is -2.45. The van der Waals surface area contributed by atoms with Gasteiger partial charge in [-0.25, -0.2) is 9.59 Å². The fourth-order valence-electron chi connectivity index (χ4n) is 1.54. The van der Waals surface area contributed by atoms with Crippen molar-refractivity contribution >= 4 is 24.0 Å². The van der Waals surface area contributed by atoms with E-state index in [0.29, 0.717) is 0 Å². The van der Waals surface area contributed by atoms with Crippen LogP contribution in [-0.4, -0.2) is 53.0 Å². The summed E-state index contributed by atoms with van der Waals surface area (Å²) < 4.78 is 14.9. The van der Waals surface area contributed by atoms with Crippen molar-refractivity contribution in [3.05, 3.63) is 0 Å². The highest BCUT2D eigenvalue weighted by molar-refractivity contribution is 5.86. The number of alkyl carbamates (subject to hydrolysis) is 1. The maximum atomic E-state index is 11.9. The summed E-state index contributed by atoms with van der Waals surface area (Å²) in [6.45, 7) is 9.68. The molecule has 1 unspecified atom stereocenters. The third-order valence-electron chi connectivity index (χ3n) is 2.32. The second kappa shape index (κ2) is 9.24. The molecule has 0 saturated heterocycles. The Hall–Kier alpha value is -2.32. The van der Waals surface area contributed by atoms with Gasteiger partial charge in [-0.2, -0.15) is 0 Å². The van der Waals surface area contributed by atoms with Gasteiger partial charge < -0.3 is 24.6 Å². The van der Waals surface area contributed by atoms with Gasteiger partial charge in [0.2, 0.25) is 0 Å². The minimum atomic E-state index is -1.40. The Morgan fingerprint density at radius 3 is 1.92 bits per heavy atom. The molecule has 0 aromatic rings. The van der Waals surface area contributed by atoms with Gasteiger partial charge in [0.05, 0.1) is 12.8 Å². The fraction of sp³-hybridized carbons (Fsp3) is 0.750. The molecule has 0 radical (unpaired) electrons. The van der Waals surface area contributed by atoms with Crippen LogP contribution < -0.4 is 5.32 Å². The molecule has 1 atom stereocenters. The Balaban J connectivity index is 4.50. The first-order valence-electron chi connectivity index (χ1n) is 7.79. The normalized spacial score (nSPS) is 12.7. The zero-order valence-electron chi connectivity index (χ0n) is 15.5. The van der Waals surface area contributed by atoms with Crippen LogP contribution in [0.5, 0.6) is 0 Å². The molecule has 2 N–H and O–H groups in total. The molecule has 0 saturated carbocycles. The van der Waals surface area contributed by atoms with Crippen molar-refractivity contribution in [3.63, 3.8) is 0 Å². The summed E-state index contributed by atoms with van der Waals surface area (Å²) in [7, 11) is 0. The molecule has 9 nitrogen and oxygen atoms in total. The molecule has 25 heavy (non-hydrogen) atoms. The first kappa shape index (κ1) is 22.7. The van der Waals surface area contributed by atoms with Crippen LogP contribution in [0.2, 0.25) is 0 Å². The van der Waals surface area contributed by atoms with Gasteiger partial charge in [0, 0.05) is 0 Å². The molecule has 0 aliphatic heterocycles. The smallest absolute Gasteiger partial charge is 0.407 e. The second-order valence-corrected chi connectivity index (χ2v) is 7.30. The van der Waals surface area contributed by atoms with Crippen LogP contribution in [0.4, 0.5) is 4.79 Å². The van der Waals surface area contributed by atoms with Gasteiger partial charge in [0.1, 0.15) is 23.9 Å². The van der Waals surface area contributed by atoms with Crippen molar-refractivity contribution in [2.75, 3.05) is 6.61 Å². The number of carbonyl (C=O) groups excluding carboxylic acids is 3. The summed E-state index contributed by atoms with van der Waals surface area (Å²) in [5, 5.41) is 11.0. The molecule has 0 aromatic carbocycles. The van der Waals surface area contributed by atoms with Crippen molar-refractivity contribution in [1.82, 2.24) is 5.32 Å². The van der Waals surface area contributed by atoms with Gasteiger partial charge in [-0.1, -0.05) is 0 Å². The average molecular weight is 361 g/mol. The highest BCUT2D eigenvalue weighted by Crippen LogP contribution is 2.10. The highest BCUT2D eigenvalue weighted by atomic mass is 16.6. The number of carbonyl (C=O) groups is 4. The molecule has 0 aromatic heterocycles. The van der Waals surface area contributed by atoms with E-state index in [2.05, 4.69) is 5.32 Å². The number of hydrogen-bond donors (Lipinski definition) is 2. The Morgan fingerprint density at radius 2 is 1.48 bits per heavy atom. The van der Waals surface area contributed by atoms with E-state index in [4.69, 9.17) is 19.3 Å². The number of aliphatic carboxylic acids is 1. The van der Waals surface area contributed by atoms with E-state index in [1.807, 2.05) is 0 Å². The molecular formula is C16H27NO8. The van der Waals surface area contributed by atoms with Crippen molar-refractivity contribution in [1.29, 1.82) is 0 Å². The van der Waals surface area contributed by atoms with Gasteiger partial charge in [-0.3, -0.25) is 9.59 Å². The van der Waals surface area contributed by atoms with Crippen LogP contribution >= 0.6 is 0 Å². The van der Waals surface area contributed by atoms with Gasteiger partial charge >= 0.3 is 24.0 Å². The zero-order valence-corrected chi connectivity index (χ0v) is 15.5. The topological polar surface area (TPSA) is 128 Å². The molecule has 1 amide bonds. The number of carboxylic acids is 1. The van der Waals surface area contributed by atoms with Crippen LogP contribution in [0.3, 0.4) is 0 Å². The van der Waals surface area contributed by atoms with Crippen LogP contribution in [0, 0.1) is 0 Å². The maximum absolute atomic E-state index is 11.9. The molecule has 0 aliphatic carbocycles. The summed E-state index contributed by atoms with van der Waals surface area (Å²) in [5.74, 6) is -2.72. The summed E-state index contributed by atoms with van der Waals surface area (Å²) in [6.07, 6.45) is -1.85. The molecule has 0 heterocycles. The van der Waals surface area contributed by atoms with E-state index < -0.39 is 47.7 Å².